The molecule has 0 spiro atoms. The molecule has 0 amide bonds. The van der Waals surface area contributed by atoms with E-state index in [0.29, 0.717) is 22.8 Å². The second-order valence-electron chi connectivity index (χ2n) is 4.02. The number of benzene rings is 1. The monoisotopic (exact) mass is 322 g/mol. The summed E-state index contributed by atoms with van der Waals surface area (Å²) in [7, 11) is 4.57. The summed E-state index contributed by atoms with van der Waals surface area (Å²) in [5.41, 5.74) is 0.151. The van der Waals surface area contributed by atoms with Crippen LogP contribution >= 0.6 is 12.2 Å². The molecule has 0 atom stereocenters. The van der Waals surface area contributed by atoms with E-state index in [1.54, 1.807) is 12.1 Å². The van der Waals surface area contributed by atoms with Crippen LogP contribution in [0.2, 0.25) is 0 Å². The summed E-state index contributed by atoms with van der Waals surface area (Å²) in [6.07, 6.45) is 2.52. The fourth-order valence-corrected chi connectivity index (χ4v) is 1.92. The molecule has 1 N–H and O–H groups in total. The van der Waals surface area contributed by atoms with E-state index in [4.69, 9.17) is 26.4 Å². The molecule has 1 aromatic heterocycles. The molecule has 0 unspecified atom stereocenters. The molecule has 1 heterocycles. The average molecular weight is 322 g/mol. The average Bonchev–Trinajstić information content (AvgIpc) is 2.53. The molecule has 22 heavy (non-hydrogen) atoms. The quantitative estimate of drug-likeness (QED) is 0.657. The van der Waals surface area contributed by atoms with Gasteiger partial charge in [0.05, 0.1) is 27.5 Å². The van der Waals surface area contributed by atoms with Crippen LogP contribution in [-0.4, -0.2) is 42.4 Å². The minimum absolute atomic E-state index is 0.0863. The van der Waals surface area contributed by atoms with Crippen LogP contribution in [0, 0.1) is 4.77 Å². The van der Waals surface area contributed by atoms with Crippen molar-refractivity contribution in [1.82, 2.24) is 14.9 Å². The highest BCUT2D eigenvalue weighted by Gasteiger charge is 2.10. The van der Waals surface area contributed by atoms with E-state index in [9.17, 15) is 4.79 Å². The Hall–Kier alpha value is -2.68. The van der Waals surface area contributed by atoms with Crippen LogP contribution in [0.25, 0.3) is 0 Å². The van der Waals surface area contributed by atoms with Gasteiger partial charge in [0, 0.05) is 11.6 Å². The van der Waals surface area contributed by atoms with Gasteiger partial charge in [0.25, 0.3) is 5.56 Å². The number of ether oxygens (including phenoxy) is 3. The molecule has 9 heteroatoms. The Kier molecular flexibility index (Phi) is 4.89. The lowest BCUT2D eigenvalue weighted by molar-refractivity contribution is 0.349. The van der Waals surface area contributed by atoms with Crippen molar-refractivity contribution in [2.75, 3.05) is 21.3 Å². The summed E-state index contributed by atoms with van der Waals surface area (Å²) in [5, 5.41) is 10.1. The number of nitrogens with one attached hydrogen (secondary N) is 1. The molecule has 0 bridgehead atoms. The van der Waals surface area contributed by atoms with E-state index in [0.717, 1.165) is 10.9 Å². The first kappa shape index (κ1) is 15.7. The summed E-state index contributed by atoms with van der Waals surface area (Å²) < 4.78 is 16.8. The first-order valence-corrected chi connectivity index (χ1v) is 6.52. The van der Waals surface area contributed by atoms with Crippen molar-refractivity contribution in [2.24, 2.45) is 5.10 Å². The zero-order valence-corrected chi connectivity index (χ0v) is 13.0. The highest BCUT2D eigenvalue weighted by atomic mass is 32.1. The zero-order valence-electron chi connectivity index (χ0n) is 12.2. The molecule has 0 aliphatic heterocycles. The minimum atomic E-state index is -0.445. The van der Waals surface area contributed by atoms with Crippen LogP contribution < -0.4 is 19.8 Å². The van der Waals surface area contributed by atoms with Crippen LogP contribution in [0.5, 0.6) is 17.2 Å². The van der Waals surface area contributed by atoms with Gasteiger partial charge < -0.3 is 14.2 Å². The van der Waals surface area contributed by atoms with Gasteiger partial charge in [0.2, 0.25) is 4.77 Å². The van der Waals surface area contributed by atoms with Gasteiger partial charge in [-0.2, -0.15) is 14.9 Å². The van der Waals surface area contributed by atoms with Gasteiger partial charge in [0.15, 0.2) is 11.5 Å². The molecule has 8 nitrogen and oxygen atoms in total. The van der Waals surface area contributed by atoms with Crippen LogP contribution in [0.3, 0.4) is 0 Å². The van der Waals surface area contributed by atoms with Crippen LogP contribution in [-0.2, 0) is 0 Å². The predicted octanol–water partition coefficient (Wildman–Crippen LogP) is 1.21. The summed E-state index contributed by atoms with van der Waals surface area (Å²) in [6, 6.07) is 3.34. The second-order valence-corrected chi connectivity index (χ2v) is 4.41. The van der Waals surface area contributed by atoms with Crippen molar-refractivity contribution in [3.8, 4) is 17.2 Å². The third kappa shape index (κ3) is 3.14. The van der Waals surface area contributed by atoms with E-state index in [1.807, 2.05) is 0 Å². The highest BCUT2D eigenvalue weighted by Crippen LogP contribution is 2.33. The van der Waals surface area contributed by atoms with E-state index < -0.39 is 5.56 Å². The van der Waals surface area contributed by atoms with Gasteiger partial charge in [0.1, 0.15) is 11.9 Å². The maximum Gasteiger partial charge on any atom is 0.293 e. The smallest absolute Gasteiger partial charge is 0.293 e. The SMILES string of the molecule is COc1cc(OC)c(OC)cc1/C=N/n1c(=O)cn[nH]c1=S. The Bertz CT molecular complexity index is 784. The lowest BCUT2D eigenvalue weighted by Gasteiger charge is -2.11. The van der Waals surface area contributed by atoms with Crippen LogP contribution in [0.1, 0.15) is 5.56 Å². The maximum absolute atomic E-state index is 11.7. The van der Waals surface area contributed by atoms with E-state index >= 15 is 0 Å². The van der Waals surface area contributed by atoms with Crippen LogP contribution in [0.15, 0.2) is 28.2 Å². The molecule has 2 rings (SSSR count). The summed E-state index contributed by atoms with van der Waals surface area (Å²) in [4.78, 5) is 11.7. The minimum Gasteiger partial charge on any atom is -0.496 e. The number of rotatable bonds is 5. The number of aromatic amines is 1. The van der Waals surface area contributed by atoms with Crippen molar-refractivity contribution in [2.45, 2.75) is 0 Å². The Labute approximate surface area is 131 Å². The van der Waals surface area contributed by atoms with Gasteiger partial charge in [-0.3, -0.25) is 9.89 Å². The molecular weight excluding hydrogens is 308 g/mol. The van der Waals surface area contributed by atoms with E-state index in [-0.39, 0.29) is 4.77 Å². The summed E-state index contributed by atoms with van der Waals surface area (Å²) in [5.74, 6) is 1.55. The van der Waals surface area contributed by atoms with Gasteiger partial charge >= 0.3 is 0 Å². The zero-order chi connectivity index (χ0) is 16.1. The standard InChI is InChI=1S/C13H14N4O4S/c1-19-9-5-11(21-3)10(20-2)4-8(9)6-15-17-12(18)7-14-16-13(17)22/h4-7H,1-3H3,(H,16,22)/b15-6+. The van der Waals surface area contributed by atoms with E-state index in [2.05, 4.69) is 15.3 Å². The van der Waals surface area contributed by atoms with E-state index in [1.165, 1.54) is 27.5 Å². The molecule has 0 aliphatic rings. The third-order valence-electron chi connectivity index (χ3n) is 2.78. The van der Waals surface area contributed by atoms with Crippen molar-refractivity contribution in [3.63, 3.8) is 0 Å². The molecule has 2 aromatic rings. The summed E-state index contributed by atoms with van der Waals surface area (Å²) >= 11 is 4.96. The van der Waals surface area contributed by atoms with Gasteiger partial charge in [-0.25, -0.2) is 0 Å². The van der Waals surface area contributed by atoms with Crippen LogP contribution in [0.4, 0.5) is 0 Å². The number of nitrogens with zero attached hydrogens (tertiary/aromatic N) is 3. The topological polar surface area (TPSA) is 90.7 Å². The van der Waals surface area contributed by atoms with Gasteiger partial charge in [-0.1, -0.05) is 0 Å². The Morgan fingerprint density at radius 3 is 2.41 bits per heavy atom. The largest absolute Gasteiger partial charge is 0.496 e. The van der Waals surface area contributed by atoms with Gasteiger partial charge in [-0.05, 0) is 18.3 Å². The second kappa shape index (κ2) is 6.85. The Morgan fingerprint density at radius 2 is 1.82 bits per heavy atom. The normalized spacial score (nSPS) is 10.7. The third-order valence-corrected chi connectivity index (χ3v) is 3.05. The van der Waals surface area contributed by atoms with Crippen molar-refractivity contribution in [3.05, 3.63) is 39.0 Å². The molecular formula is C13H14N4O4S. The number of hydrogen-bond donors (Lipinski definition) is 1. The first-order valence-electron chi connectivity index (χ1n) is 6.11. The molecule has 116 valence electrons. The number of aromatic nitrogens is 3. The van der Waals surface area contributed by atoms with Crippen molar-refractivity contribution in [1.29, 1.82) is 0 Å². The molecule has 0 radical (unpaired) electrons. The lowest BCUT2D eigenvalue weighted by atomic mass is 10.2. The maximum atomic E-state index is 11.7. The molecule has 0 saturated carbocycles. The predicted molar refractivity (Wildman–Crippen MR) is 82.8 cm³/mol. The van der Waals surface area contributed by atoms with Crippen molar-refractivity contribution < 1.29 is 14.2 Å². The first-order chi connectivity index (χ1) is 10.6. The number of H-pyrrole nitrogens is 1. The fourth-order valence-electron chi connectivity index (χ4n) is 1.73. The highest BCUT2D eigenvalue weighted by molar-refractivity contribution is 7.71. The fraction of sp³-hybridized carbons (Fsp3) is 0.231. The number of hydrogen-bond acceptors (Lipinski definition) is 7. The molecule has 0 fully saturated rings. The number of methoxy groups -OCH3 is 3. The lowest BCUT2D eigenvalue weighted by Crippen LogP contribution is -2.18. The Morgan fingerprint density at radius 1 is 1.18 bits per heavy atom. The molecule has 0 aliphatic carbocycles. The molecule has 1 aromatic carbocycles. The summed E-state index contributed by atoms with van der Waals surface area (Å²) in [6.45, 7) is 0. The molecule has 0 saturated heterocycles. The Balaban J connectivity index is 2.51. The van der Waals surface area contributed by atoms with Crippen molar-refractivity contribution >= 4 is 18.4 Å². The van der Waals surface area contributed by atoms with Gasteiger partial charge in [-0.15, -0.1) is 0 Å².